The Kier molecular flexibility index (Phi) is 5.16. The zero-order valence-corrected chi connectivity index (χ0v) is 11.4. The van der Waals surface area contributed by atoms with Gasteiger partial charge < -0.3 is 16.2 Å². The monoisotopic (exact) mass is 272 g/mol. The summed E-state index contributed by atoms with van der Waals surface area (Å²) in [5.41, 5.74) is 6.65. The number of rotatable bonds is 2. The fourth-order valence-electron chi connectivity index (χ4n) is 2.42. The third kappa shape index (κ3) is 3.83. The molecule has 0 aromatic heterocycles. The predicted molar refractivity (Wildman–Crippen MR) is 78.1 cm³/mol. The molecule has 0 aliphatic heterocycles. The molecule has 1 saturated carbocycles. The Bertz CT molecular complexity index is 523. The van der Waals surface area contributed by atoms with E-state index >= 15 is 0 Å². The first-order chi connectivity index (χ1) is 9.70. The van der Waals surface area contributed by atoms with E-state index in [-0.39, 0.29) is 24.6 Å². The van der Waals surface area contributed by atoms with Crippen molar-refractivity contribution in [2.75, 3.05) is 6.54 Å². The van der Waals surface area contributed by atoms with Gasteiger partial charge in [-0.15, -0.1) is 0 Å². The fraction of sp³-hybridized carbons (Fsp3) is 0.438. The first kappa shape index (κ1) is 14.6. The van der Waals surface area contributed by atoms with E-state index < -0.39 is 0 Å². The highest BCUT2D eigenvalue weighted by atomic mass is 16.3. The van der Waals surface area contributed by atoms with Gasteiger partial charge in [0.05, 0.1) is 18.2 Å². The molecule has 0 saturated heterocycles. The van der Waals surface area contributed by atoms with Crippen LogP contribution in [0.4, 0.5) is 0 Å². The molecule has 1 aromatic rings. The number of hydrogen-bond donors (Lipinski definition) is 3. The minimum absolute atomic E-state index is 0.103. The Morgan fingerprint density at radius 3 is 2.70 bits per heavy atom. The Morgan fingerprint density at radius 1 is 1.30 bits per heavy atom. The first-order valence-corrected chi connectivity index (χ1v) is 6.97. The molecule has 2 rings (SSSR count). The second-order valence-corrected chi connectivity index (χ2v) is 5.03. The van der Waals surface area contributed by atoms with Crippen LogP contribution in [0.15, 0.2) is 24.3 Å². The molecule has 0 bridgehead atoms. The Labute approximate surface area is 119 Å². The van der Waals surface area contributed by atoms with Gasteiger partial charge in [-0.1, -0.05) is 24.0 Å². The summed E-state index contributed by atoms with van der Waals surface area (Å²) in [5.74, 6) is 5.59. The Morgan fingerprint density at radius 2 is 2.00 bits per heavy atom. The van der Waals surface area contributed by atoms with Crippen molar-refractivity contribution in [3.8, 4) is 11.8 Å². The topological polar surface area (TPSA) is 75.4 Å². The molecule has 0 spiro atoms. The molecule has 20 heavy (non-hydrogen) atoms. The van der Waals surface area contributed by atoms with Crippen LogP contribution in [0.25, 0.3) is 0 Å². The van der Waals surface area contributed by atoms with Crippen molar-refractivity contribution in [2.24, 2.45) is 5.73 Å². The van der Waals surface area contributed by atoms with Gasteiger partial charge in [0.25, 0.3) is 5.91 Å². The third-order valence-corrected chi connectivity index (χ3v) is 3.53. The summed E-state index contributed by atoms with van der Waals surface area (Å²) in [6.45, 7) is 0.274. The molecule has 4 N–H and O–H groups in total. The van der Waals surface area contributed by atoms with Gasteiger partial charge in [-0.25, -0.2) is 0 Å². The number of nitrogens with one attached hydrogen (secondary N) is 1. The van der Waals surface area contributed by atoms with Crippen LogP contribution in [0.3, 0.4) is 0 Å². The van der Waals surface area contributed by atoms with E-state index in [1.165, 1.54) is 0 Å². The van der Waals surface area contributed by atoms with Crippen molar-refractivity contribution in [2.45, 2.75) is 37.8 Å². The largest absolute Gasteiger partial charge is 0.393 e. The SMILES string of the molecule is NCC#Cc1ccccc1C(=O)NC1CCC(O)CC1. The maximum Gasteiger partial charge on any atom is 0.252 e. The van der Waals surface area contributed by atoms with E-state index in [1.54, 1.807) is 6.07 Å². The van der Waals surface area contributed by atoms with Crippen LogP contribution in [-0.4, -0.2) is 29.7 Å². The number of aliphatic hydroxyl groups is 1. The summed E-state index contributed by atoms with van der Waals surface area (Å²) in [6, 6.07) is 7.42. The lowest BCUT2D eigenvalue weighted by Crippen LogP contribution is -2.38. The van der Waals surface area contributed by atoms with Crippen LogP contribution >= 0.6 is 0 Å². The van der Waals surface area contributed by atoms with Crippen LogP contribution in [-0.2, 0) is 0 Å². The zero-order chi connectivity index (χ0) is 14.4. The molecule has 1 aromatic carbocycles. The van der Waals surface area contributed by atoms with Gasteiger partial charge in [-0.05, 0) is 37.8 Å². The first-order valence-electron chi connectivity index (χ1n) is 6.97. The fourth-order valence-corrected chi connectivity index (χ4v) is 2.42. The number of carbonyl (C=O) groups excluding carboxylic acids is 1. The predicted octanol–water partition coefficient (Wildman–Crippen LogP) is 1.03. The average molecular weight is 272 g/mol. The number of hydrogen-bond acceptors (Lipinski definition) is 3. The van der Waals surface area contributed by atoms with Gasteiger partial charge in [-0.3, -0.25) is 4.79 Å². The van der Waals surface area contributed by atoms with Crippen LogP contribution in [0.5, 0.6) is 0 Å². The van der Waals surface area contributed by atoms with Gasteiger partial charge in [0.15, 0.2) is 0 Å². The highest BCUT2D eigenvalue weighted by molar-refractivity contribution is 5.96. The maximum absolute atomic E-state index is 12.3. The van der Waals surface area contributed by atoms with E-state index in [0.717, 1.165) is 25.7 Å². The molecular formula is C16H20N2O2. The molecule has 1 amide bonds. The number of nitrogens with two attached hydrogens (primary N) is 1. The van der Waals surface area contributed by atoms with Crippen LogP contribution < -0.4 is 11.1 Å². The van der Waals surface area contributed by atoms with E-state index in [4.69, 9.17) is 5.73 Å². The van der Waals surface area contributed by atoms with Gasteiger partial charge >= 0.3 is 0 Å². The number of aliphatic hydroxyl groups excluding tert-OH is 1. The van der Waals surface area contributed by atoms with Crippen molar-refractivity contribution in [3.63, 3.8) is 0 Å². The number of carbonyl (C=O) groups is 1. The van der Waals surface area contributed by atoms with Crippen LogP contribution in [0, 0.1) is 11.8 Å². The minimum Gasteiger partial charge on any atom is -0.393 e. The lowest BCUT2D eigenvalue weighted by molar-refractivity contribution is 0.0867. The van der Waals surface area contributed by atoms with Gasteiger partial charge in [0, 0.05) is 11.6 Å². The molecule has 106 valence electrons. The van der Waals surface area contributed by atoms with Gasteiger partial charge in [0.1, 0.15) is 0 Å². The van der Waals surface area contributed by atoms with Crippen molar-refractivity contribution < 1.29 is 9.90 Å². The summed E-state index contributed by atoms with van der Waals surface area (Å²) < 4.78 is 0. The molecule has 1 fully saturated rings. The van der Waals surface area contributed by atoms with Crippen molar-refractivity contribution in [1.29, 1.82) is 0 Å². The third-order valence-electron chi connectivity index (χ3n) is 3.53. The van der Waals surface area contributed by atoms with Crippen LogP contribution in [0.2, 0.25) is 0 Å². The molecule has 1 aliphatic carbocycles. The molecule has 0 radical (unpaired) electrons. The second kappa shape index (κ2) is 7.09. The summed E-state index contributed by atoms with van der Waals surface area (Å²) in [5, 5.41) is 12.5. The molecule has 0 heterocycles. The normalized spacial score (nSPS) is 21.7. The highest BCUT2D eigenvalue weighted by Crippen LogP contribution is 2.19. The Balaban J connectivity index is 2.05. The smallest absolute Gasteiger partial charge is 0.252 e. The summed E-state index contributed by atoms with van der Waals surface area (Å²) in [6.07, 6.45) is 2.93. The van der Waals surface area contributed by atoms with Crippen molar-refractivity contribution in [3.05, 3.63) is 35.4 Å². The summed E-state index contributed by atoms with van der Waals surface area (Å²) >= 11 is 0. The van der Waals surface area contributed by atoms with E-state index in [1.807, 2.05) is 18.2 Å². The molecular weight excluding hydrogens is 252 g/mol. The lowest BCUT2D eigenvalue weighted by atomic mass is 9.93. The maximum atomic E-state index is 12.3. The average Bonchev–Trinajstić information content (AvgIpc) is 2.47. The van der Waals surface area contributed by atoms with Crippen molar-refractivity contribution >= 4 is 5.91 Å². The summed E-state index contributed by atoms with van der Waals surface area (Å²) in [4.78, 5) is 12.3. The molecule has 4 heteroatoms. The zero-order valence-electron chi connectivity index (χ0n) is 11.4. The molecule has 4 nitrogen and oxygen atoms in total. The van der Waals surface area contributed by atoms with Gasteiger partial charge in [0.2, 0.25) is 0 Å². The van der Waals surface area contributed by atoms with Crippen LogP contribution in [0.1, 0.15) is 41.6 Å². The number of benzene rings is 1. The quantitative estimate of drug-likeness (QED) is 0.704. The van der Waals surface area contributed by atoms with E-state index in [9.17, 15) is 9.90 Å². The lowest BCUT2D eigenvalue weighted by Gasteiger charge is -2.26. The van der Waals surface area contributed by atoms with E-state index in [0.29, 0.717) is 11.1 Å². The summed E-state index contributed by atoms with van der Waals surface area (Å²) in [7, 11) is 0. The van der Waals surface area contributed by atoms with E-state index in [2.05, 4.69) is 17.2 Å². The molecule has 0 atom stereocenters. The minimum atomic E-state index is -0.217. The van der Waals surface area contributed by atoms with Gasteiger partial charge in [-0.2, -0.15) is 0 Å². The molecule has 1 aliphatic rings. The molecule has 0 unspecified atom stereocenters. The van der Waals surface area contributed by atoms with Crippen molar-refractivity contribution in [1.82, 2.24) is 5.32 Å². The number of amides is 1. The Hall–Kier alpha value is -1.83. The standard InChI is InChI=1S/C16H20N2O2/c17-11-3-5-12-4-1-2-6-15(12)16(20)18-13-7-9-14(19)10-8-13/h1-2,4,6,13-14,19H,7-11,17H2,(H,18,20). The highest BCUT2D eigenvalue weighted by Gasteiger charge is 2.21. The second-order valence-electron chi connectivity index (χ2n) is 5.03.